The molecular formula is C22H38N2O3. The minimum atomic E-state index is 0.0863. The number of nitrogens with zero attached hydrogens (tertiary/aromatic N) is 1. The van der Waals surface area contributed by atoms with E-state index in [-0.39, 0.29) is 5.54 Å². The Labute approximate surface area is 164 Å². The van der Waals surface area contributed by atoms with Crippen LogP contribution in [0.1, 0.15) is 57.8 Å². The summed E-state index contributed by atoms with van der Waals surface area (Å²) in [6.45, 7) is 6.53. The van der Waals surface area contributed by atoms with Gasteiger partial charge in [0, 0.05) is 19.6 Å². The van der Waals surface area contributed by atoms with Crippen molar-refractivity contribution in [3.05, 3.63) is 0 Å². The molecule has 0 amide bonds. The van der Waals surface area contributed by atoms with Gasteiger partial charge in [0.15, 0.2) is 0 Å². The summed E-state index contributed by atoms with van der Waals surface area (Å²) in [5, 5.41) is 3.82. The first-order valence-electron chi connectivity index (χ1n) is 11.6. The van der Waals surface area contributed by atoms with Crippen LogP contribution in [-0.2, 0) is 14.2 Å². The third-order valence-corrected chi connectivity index (χ3v) is 8.29. The zero-order valence-electron chi connectivity index (χ0n) is 16.9. The molecule has 5 heteroatoms. The van der Waals surface area contributed by atoms with E-state index >= 15 is 0 Å². The van der Waals surface area contributed by atoms with Crippen molar-refractivity contribution in [1.29, 1.82) is 0 Å². The highest BCUT2D eigenvalue weighted by Gasteiger charge is 2.49. The van der Waals surface area contributed by atoms with E-state index in [9.17, 15) is 0 Å². The van der Waals surface area contributed by atoms with Gasteiger partial charge in [-0.2, -0.15) is 0 Å². The molecule has 6 aliphatic rings. The van der Waals surface area contributed by atoms with E-state index in [0.29, 0.717) is 18.2 Å². The SMILES string of the molecule is C1CCC2C3CCC(CC3)OC[C@@H]3N(CCOC2C1)CC[C@@]31COCCN1. The number of hydrogen-bond acceptors (Lipinski definition) is 5. The smallest absolute Gasteiger partial charge is 0.0665 e. The quantitative estimate of drug-likeness (QED) is 0.702. The third kappa shape index (κ3) is 3.83. The van der Waals surface area contributed by atoms with E-state index in [1.165, 1.54) is 57.8 Å². The zero-order chi connectivity index (χ0) is 18.1. The molecule has 0 aromatic heterocycles. The van der Waals surface area contributed by atoms with Crippen molar-refractivity contribution in [2.45, 2.75) is 81.6 Å². The molecule has 1 spiro atoms. The van der Waals surface area contributed by atoms with Crippen LogP contribution < -0.4 is 5.32 Å². The number of rotatable bonds is 0. The molecule has 6 fully saturated rings. The molecule has 4 heterocycles. The van der Waals surface area contributed by atoms with Crippen molar-refractivity contribution in [3.8, 4) is 0 Å². The fraction of sp³-hybridized carbons (Fsp3) is 1.00. The van der Waals surface area contributed by atoms with E-state index in [1.54, 1.807) is 0 Å². The maximum Gasteiger partial charge on any atom is 0.0665 e. The zero-order valence-corrected chi connectivity index (χ0v) is 16.9. The number of fused-ring (bicyclic) bond motifs is 5. The fourth-order valence-electron chi connectivity index (χ4n) is 6.70. The standard InChI is InChI=1S/C22H38N2O3/c1-2-4-20-19(3-1)17-5-7-18(8-6-17)27-15-21-22(16-25-13-10-23-22)9-11-24(21)12-14-26-20/h17-21,23H,1-16H2/t17?,18?,19?,20?,21-,22+/m0/s1. The number of nitrogens with one attached hydrogen (secondary N) is 1. The van der Waals surface area contributed by atoms with E-state index in [2.05, 4.69) is 10.2 Å². The van der Waals surface area contributed by atoms with Crippen LogP contribution in [0.2, 0.25) is 0 Å². The summed E-state index contributed by atoms with van der Waals surface area (Å²) in [5.41, 5.74) is 0.0863. The second-order valence-electron chi connectivity index (χ2n) is 9.66. The first-order valence-corrected chi connectivity index (χ1v) is 11.6. The minimum Gasteiger partial charge on any atom is -0.378 e. The van der Waals surface area contributed by atoms with E-state index in [1.807, 2.05) is 0 Å². The molecule has 0 aromatic carbocycles. The average molecular weight is 379 g/mol. The normalized spacial score (nSPS) is 46.9. The topological polar surface area (TPSA) is 43.0 Å². The van der Waals surface area contributed by atoms with Crippen LogP contribution in [0.3, 0.4) is 0 Å². The van der Waals surface area contributed by atoms with Gasteiger partial charge in [-0.3, -0.25) is 4.90 Å². The molecular weight excluding hydrogens is 340 g/mol. The largest absolute Gasteiger partial charge is 0.378 e. The lowest BCUT2D eigenvalue weighted by Gasteiger charge is -2.42. The molecule has 4 aliphatic heterocycles. The number of ether oxygens (including phenoxy) is 3. The maximum absolute atomic E-state index is 6.56. The molecule has 0 aromatic rings. The van der Waals surface area contributed by atoms with Gasteiger partial charge in [-0.1, -0.05) is 12.8 Å². The summed E-state index contributed by atoms with van der Waals surface area (Å²) in [4.78, 5) is 2.63. The number of hydrogen-bond donors (Lipinski definition) is 1. The molecule has 0 radical (unpaired) electrons. The van der Waals surface area contributed by atoms with E-state index in [0.717, 1.165) is 57.9 Å². The highest BCUT2D eigenvalue weighted by molar-refractivity contribution is 5.07. The highest BCUT2D eigenvalue weighted by atomic mass is 16.5. The average Bonchev–Trinajstić information content (AvgIpc) is 3.05. The molecule has 4 atom stereocenters. The Morgan fingerprint density at radius 3 is 2.63 bits per heavy atom. The van der Waals surface area contributed by atoms with Crippen molar-refractivity contribution in [3.63, 3.8) is 0 Å². The summed E-state index contributed by atoms with van der Waals surface area (Å²) < 4.78 is 19.0. The summed E-state index contributed by atoms with van der Waals surface area (Å²) in [6, 6.07) is 0.419. The Balaban J connectivity index is 1.33. The summed E-state index contributed by atoms with van der Waals surface area (Å²) >= 11 is 0. The van der Waals surface area contributed by atoms with Crippen molar-refractivity contribution < 1.29 is 14.2 Å². The van der Waals surface area contributed by atoms with Gasteiger partial charge < -0.3 is 19.5 Å². The molecule has 2 unspecified atom stereocenters. The lowest BCUT2D eigenvalue weighted by Crippen LogP contribution is -2.63. The Bertz CT molecular complexity index is 488. The predicted octanol–water partition coefficient (Wildman–Crippen LogP) is 2.58. The summed E-state index contributed by atoms with van der Waals surface area (Å²) in [6.07, 6.45) is 12.8. The van der Waals surface area contributed by atoms with E-state index in [4.69, 9.17) is 14.2 Å². The lowest BCUT2D eigenvalue weighted by atomic mass is 9.71. The van der Waals surface area contributed by atoms with Crippen LogP contribution in [0.25, 0.3) is 0 Å². The van der Waals surface area contributed by atoms with Gasteiger partial charge in [0.2, 0.25) is 0 Å². The van der Waals surface area contributed by atoms with Crippen molar-refractivity contribution in [2.24, 2.45) is 11.8 Å². The lowest BCUT2D eigenvalue weighted by molar-refractivity contribution is -0.0504. The second-order valence-corrected chi connectivity index (χ2v) is 9.66. The van der Waals surface area contributed by atoms with Gasteiger partial charge in [-0.15, -0.1) is 0 Å². The first kappa shape index (κ1) is 18.8. The molecule has 1 N–H and O–H groups in total. The van der Waals surface area contributed by atoms with Crippen LogP contribution in [0.5, 0.6) is 0 Å². The van der Waals surface area contributed by atoms with Crippen LogP contribution in [-0.4, -0.2) is 74.8 Å². The van der Waals surface area contributed by atoms with Crippen LogP contribution >= 0.6 is 0 Å². The fourth-order valence-corrected chi connectivity index (χ4v) is 6.70. The molecule has 2 saturated carbocycles. The van der Waals surface area contributed by atoms with Crippen molar-refractivity contribution in [2.75, 3.05) is 46.1 Å². The van der Waals surface area contributed by atoms with Gasteiger partial charge in [-0.05, 0) is 56.8 Å². The molecule has 2 bridgehead atoms. The summed E-state index contributed by atoms with van der Waals surface area (Å²) in [7, 11) is 0. The molecule has 2 aliphatic carbocycles. The summed E-state index contributed by atoms with van der Waals surface area (Å²) in [5.74, 6) is 1.67. The van der Waals surface area contributed by atoms with Crippen molar-refractivity contribution >= 4 is 0 Å². The minimum absolute atomic E-state index is 0.0863. The predicted molar refractivity (Wildman–Crippen MR) is 105 cm³/mol. The van der Waals surface area contributed by atoms with Gasteiger partial charge in [0.1, 0.15) is 0 Å². The Kier molecular flexibility index (Phi) is 5.76. The van der Waals surface area contributed by atoms with Gasteiger partial charge in [0.25, 0.3) is 0 Å². The van der Waals surface area contributed by atoms with Crippen LogP contribution in [0.15, 0.2) is 0 Å². The molecule has 154 valence electrons. The van der Waals surface area contributed by atoms with Gasteiger partial charge >= 0.3 is 0 Å². The highest BCUT2D eigenvalue weighted by Crippen LogP contribution is 2.41. The van der Waals surface area contributed by atoms with Gasteiger partial charge in [-0.25, -0.2) is 0 Å². The molecule has 5 nitrogen and oxygen atoms in total. The number of morpholine rings is 1. The first-order chi connectivity index (χ1) is 13.3. The van der Waals surface area contributed by atoms with Crippen molar-refractivity contribution in [1.82, 2.24) is 10.2 Å². The monoisotopic (exact) mass is 378 g/mol. The molecule has 27 heavy (non-hydrogen) atoms. The Morgan fingerprint density at radius 2 is 1.78 bits per heavy atom. The van der Waals surface area contributed by atoms with Gasteiger partial charge in [0.05, 0.1) is 50.2 Å². The molecule has 6 rings (SSSR count). The van der Waals surface area contributed by atoms with E-state index < -0.39 is 0 Å². The van der Waals surface area contributed by atoms with Crippen LogP contribution in [0, 0.1) is 11.8 Å². The van der Waals surface area contributed by atoms with Crippen LogP contribution in [0.4, 0.5) is 0 Å². The second kappa shape index (κ2) is 8.27. The molecule has 4 saturated heterocycles. The Hall–Kier alpha value is -0.200. The third-order valence-electron chi connectivity index (χ3n) is 8.29. The maximum atomic E-state index is 6.56. The Morgan fingerprint density at radius 1 is 0.889 bits per heavy atom.